The number of piperazine rings is 1. The highest BCUT2D eigenvalue weighted by atomic mass is 16.5. The normalized spacial score (nSPS) is 15.6. The van der Waals surface area contributed by atoms with E-state index in [1.807, 2.05) is 49.4 Å². The van der Waals surface area contributed by atoms with Crippen LogP contribution >= 0.6 is 0 Å². The van der Waals surface area contributed by atoms with Crippen molar-refractivity contribution < 1.29 is 9.53 Å². The van der Waals surface area contributed by atoms with Crippen LogP contribution in [0.5, 0.6) is 5.75 Å². The maximum Gasteiger partial charge on any atom is 0.231 e. The van der Waals surface area contributed by atoms with E-state index < -0.39 is 0 Å². The van der Waals surface area contributed by atoms with E-state index in [4.69, 9.17) is 4.74 Å². The topological polar surface area (TPSA) is 44.8 Å². The summed E-state index contributed by atoms with van der Waals surface area (Å²) in [5, 5.41) is 5.39. The fourth-order valence-corrected chi connectivity index (χ4v) is 4.19. The molecule has 1 amide bonds. The zero-order valence-corrected chi connectivity index (χ0v) is 18.6. The lowest BCUT2D eigenvalue weighted by Crippen LogP contribution is -2.46. The monoisotopic (exact) mass is 417 g/mol. The van der Waals surface area contributed by atoms with E-state index in [1.54, 1.807) is 7.11 Å². The molecule has 4 rings (SSSR count). The van der Waals surface area contributed by atoms with Crippen molar-refractivity contribution in [3.05, 3.63) is 66.2 Å². The smallest absolute Gasteiger partial charge is 0.231 e. The molecule has 1 aliphatic rings. The molecule has 1 heterocycles. The number of rotatable bonds is 6. The Morgan fingerprint density at radius 2 is 1.71 bits per heavy atom. The molecule has 1 fully saturated rings. The second kappa shape index (κ2) is 9.40. The number of fused-ring (bicyclic) bond motifs is 1. The molecule has 0 bridgehead atoms. The largest absolute Gasteiger partial charge is 0.497 e. The molecular weight excluding hydrogens is 386 g/mol. The van der Waals surface area contributed by atoms with Crippen molar-refractivity contribution in [2.24, 2.45) is 0 Å². The van der Waals surface area contributed by atoms with Gasteiger partial charge in [0.25, 0.3) is 0 Å². The van der Waals surface area contributed by atoms with Crippen molar-refractivity contribution in [3.8, 4) is 5.75 Å². The number of nitrogens with one attached hydrogen (secondary N) is 1. The molecule has 5 nitrogen and oxygen atoms in total. The zero-order chi connectivity index (χ0) is 21.8. The summed E-state index contributed by atoms with van der Waals surface area (Å²) in [7, 11) is 1.67. The summed E-state index contributed by atoms with van der Waals surface area (Å²) in [4.78, 5) is 17.9. The molecule has 1 atom stereocenters. The van der Waals surface area contributed by atoms with Crippen LogP contribution in [0.4, 0.5) is 11.4 Å². The predicted molar refractivity (Wildman–Crippen MR) is 128 cm³/mol. The minimum absolute atomic E-state index is 0.00695. The second-order valence-corrected chi connectivity index (χ2v) is 8.12. The van der Waals surface area contributed by atoms with Gasteiger partial charge in [0, 0.05) is 26.2 Å². The summed E-state index contributed by atoms with van der Waals surface area (Å²) >= 11 is 0. The number of benzene rings is 3. The van der Waals surface area contributed by atoms with E-state index in [0.29, 0.717) is 0 Å². The molecule has 0 unspecified atom stereocenters. The number of ether oxygens (including phenoxy) is 1. The molecule has 162 valence electrons. The van der Waals surface area contributed by atoms with E-state index in [1.165, 1.54) is 0 Å². The molecule has 0 radical (unpaired) electrons. The first-order chi connectivity index (χ1) is 15.1. The average molecular weight is 418 g/mol. The summed E-state index contributed by atoms with van der Waals surface area (Å²) in [6, 6.07) is 20.3. The van der Waals surface area contributed by atoms with Crippen LogP contribution in [0, 0.1) is 0 Å². The molecule has 1 N–H and O–H groups in total. The number of nitrogens with zero attached hydrogens (tertiary/aromatic N) is 2. The second-order valence-electron chi connectivity index (χ2n) is 8.12. The number of carbonyl (C=O) groups excluding carboxylic acids is 1. The summed E-state index contributed by atoms with van der Waals surface area (Å²) in [5.74, 6) is 0.589. The Morgan fingerprint density at radius 3 is 2.45 bits per heavy atom. The molecule has 0 aliphatic carbocycles. The van der Waals surface area contributed by atoms with Gasteiger partial charge in [-0.05, 0) is 54.1 Å². The van der Waals surface area contributed by atoms with Crippen LogP contribution in [0.2, 0.25) is 0 Å². The molecule has 0 spiro atoms. The minimum atomic E-state index is -0.253. The highest BCUT2D eigenvalue weighted by molar-refractivity contribution is 5.99. The highest BCUT2D eigenvalue weighted by Gasteiger charge is 2.21. The number of hydrogen-bond acceptors (Lipinski definition) is 4. The lowest BCUT2D eigenvalue weighted by molar-refractivity contribution is -0.117. The van der Waals surface area contributed by atoms with Crippen molar-refractivity contribution >= 4 is 28.1 Å². The molecular formula is C26H31N3O2. The summed E-state index contributed by atoms with van der Waals surface area (Å²) in [6.07, 6.45) is 0. The van der Waals surface area contributed by atoms with Crippen molar-refractivity contribution in [2.45, 2.75) is 19.8 Å². The molecule has 0 saturated carbocycles. The van der Waals surface area contributed by atoms with Crippen LogP contribution in [-0.2, 0) is 4.79 Å². The molecule has 3 aromatic rings. The van der Waals surface area contributed by atoms with Crippen LogP contribution < -0.4 is 15.0 Å². The Bertz CT molecular complexity index is 1060. The van der Waals surface area contributed by atoms with Crippen LogP contribution in [0.25, 0.3) is 10.8 Å². The molecule has 1 aliphatic heterocycles. The van der Waals surface area contributed by atoms with Gasteiger partial charge in [-0.2, -0.15) is 0 Å². The lowest BCUT2D eigenvalue weighted by Gasteiger charge is -2.36. The van der Waals surface area contributed by atoms with E-state index >= 15 is 0 Å². The molecule has 1 saturated heterocycles. The number of likely N-dealkylation sites (N-methyl/N-ethyl adjacent to an activating group) is 1. The van der Waals surface area contributed by atoms with Gasteiger partial charge >= 0.3 is 0 Å². The predicted octanol–water partition coefficient (Wildman–Crippen LogP) is 4.73. The Hall–Kier alpha value is -3.05. The average Bonchev–Trinajstić information content (AvgIpc) is 2.83. The highest BCUT2D eigenvalue weighted by Crippen LogP contribution is 2.29. The summed E-state index contributed by atoms with van der Waals surface area (Å²) in [6.45, 7) is 9.31. The minimum Gasteiger partial charge on any atom is -0.497 e. The SMILES string of the molecule is CCN1CCN(c2ccccc2NC(=O)[C@@H](C)c2ccc3cc(OC)ccc3c2)CC1. The van der Waals surface area contributed by atoms with Crippen LogP contribution in [0.3, 0.4) is 0 Å². The lowest BCUT2D eigenvalue weighted by atomic mass is 9.97. The van der Waals surface area contributed by atoms with Crippen molar-refractivity contribution in [2.75, 3.05) is 50.1 Å². The number of carbonyl (C=O) groups is 1. The molecule has 5 heteroatoms. The van der Waals surface area contributed by atoms with Gasteiger partial charge in [0.1, 0.15) is 5.75 Å². The van der Waals surface area contributed by atoms with Crippen LogP contribution in [0.15, 0.2) is 60.7 Å². The number of methoxy groups -OCH3 is 1. The van der Waals surface area contributed by atoms with E-state index in [-0.39, 0.29) is 11.8 Å². The third kappa shape index (κ3) is 4.67. The maximum atomic E-state index is 13.1. The first-order valence-corrected chi connectivity index (χ1v) is 11.0. The van der Waals surface area contributed by atoms with Gasteiger partial charge < -0.3 is 19.9 Å². The van der Waals surface area contributed by atoms with Crippen LogP contribution in [-0.4, -0.2) is 50.6 Å². The number of hydrogen-bond donors (Lipinski definition) is 1. The third-order valence-electron chi connectivity index (χ3n) is 6.29. The molecule has 0 aromatic heterocycles. The van der Waals surface area contributed by atoms with Gasteiger partial charge in [-0.25, -0.2) is 0 Å². The first kappa shape index (κ1) is 21.2. The van der Waals surface area contributed by atoms with Gasteiger partial charge in [0.15, 0.2) is 0 Å². The van der Waals surface area contributed by atoms with Gasteiger partial charge in [0.2, 0.25) is 5.91 Å². The van der Waals surface area contributed by atoms with E-state index in [9.17, 15) is 4.79 Å². The molecule has 31 heavy (non-hydrogen) atoms. The maximum absolute atomic E-state index is 13.1. The summed E-state index contributed by atoms with van der Waals surface area (Å²) < 4.78 is 5.31. The Kier molecular flexibility index (Phi) is 6.42. The standard InChI is InChI=1S/C26H31N3O2/c1-4-28-13-15-29(16-14-28)25-8-6-5-7-24(25)27-26(30)19(2)20-9-10-22-18-23(31-3)12-11-21(22)17-20/h5-12,17-19H,4,13-16H2,1-3H3,(H,27,30)/t19-/m0/s1. The van der Waals surface area contributed by atoms with Crippen LogP contribution in [0.1, 0.15) is 25.3 Å². The molecule has 3 aromatic carbocycles. The zero-order valence-electron chi connectivity index (χ0n) is 18.6. The van der Waals surface area contributed by atoms with E-state index in [2.05, 4.69) is 40.2 Å². The van der Waals surface area contributed by atoms with Crippen molar-refractivity contribution in [1.29, 1.82) is 0 Å². The van der Waals surface area contributed by atoms with E-state index in [0.717, 1.165) is 66.2 Å². The fourth-order valence-electron chi connectivity index (χ4n) is 4.19. The number of para-hydroxylation sites is 2. The quantitative estimate of drug-likeness (QED) is 0.630. The van der Waals surface area contributed by atoms with Gasteiger partial charge in [0.05, 0.1) is 24.4 Å². The number of anilines is 2. The Morgan fingerprint density at radius 1 is 1.00 bits per heavy atom. The summed E-state index contributed by atoms with van der Waals surface area (Å²) in [5.41, 5.74) is 2.99. The van der Waals surface area contributed by atoms with Crippen molar-refractivity contribution in [3.63, 3.8) is 0 Å². The van der Waals surface area contributed by atoms with Gasteiger partial charge in [-0.3, -0.25) is 4.79 Å². The van der Waals surface area contributed by atoms with Gasteiger partial charge in [-0.1, -0.05) is 43.3 Å². The number of amides is 1. The van der Waals surface area contributed by atoms with Gasteiger partial charge in [-0.15, -0.1) is 0 Å². The third-order valence-corrected chi connectivity index (χ3v) is 6.29. The van der Waals surface area contributed by atoms with Crippen molar-refractivity contribution in [1.82, 2.24) is 4.90 Å². The fraction of sp³-hybridized carbons (Fsp3) is 0.346. The Labute approximate surface area is 184 Å². The first-order valence-electron chi connectivity index (χ1n) is 11.0. The Balaban J connectivity index is 1.50.